The van der Waals surface area contributed by atoms with Crippen LogP contribution < -0.4 is 22.5 Å². The van der Waals surface area contributed by atoms with Crippen molar-refractivity contribution in [1.29, 1.82) is 5.41 Å². The van der Waals surface area contributed by atoms with Crippen LogP contribution in [0.4, 0.5) is 0 Å². The third-order valence-corrected chi connectivity index (χ3v) is 2.94. The summed E-state index contributed by atoms with van der Waals surface area (Å²) < 4.78 is 0. The van der Waals surface area contributed by atoms with Gasteiger partial charge in [0.25, 0.3) is 0 Å². The Morgan fingerprint density at radius 3 is 1.70 bits per heavy atom. The van der Waals surface area contributed by atoms with Gasteiger partial charge in [0.1, 0.15) is 0 Å². The van der Waals surface area contributed by atoms with Crippen LogP contribution >= 0.6 is 12.4 Å². The van der Waals surface area contributed by atoms with E-state index in [4.69, 9.17) is 22.6 Å². The van der Waals surface area contributed by atoms with E-state index in [9.17, 15) is 0 Å². The van der Waals surface area contributed by atoms with Crippen molar-refractivity contribution >= 4 is 24.3 Å². The van der Waals surface area contributed by atoms with E-state index in [1.54, 1.807) is 0 Å². The lowest BCUT2D eigenvalue weighted by atomic mass is 10.1. The number of nitrogens with two attached hydrogens (primary N) is 3. The molecule has 0 aromatic heterocycles. The van der Waals surface area contributed by atoms with E-state index < -0.39 is 0 Å². The minimum Gasteiger partial charge on any atom is -0.370 e. The number of rotatable bonds is 12. The second-order valence-corrected chi connectivity index (χ2v) is 4.83. The maximum atomic E-state index is 7.00. The van der Waals surface area contributed by atoms with Crippen molar-refractivity contribution in [2.24, 2.45) is 22.2 Å². The molecule has 0 aliphatic heterocycles. The van der Waals surface area contributed by atoms with E-state index >= 15 is 0 Å². The number of aliphatic imine (C=N–C) groups is 1. The van der Waals surface area contributed by atoms with Gasteiger partial charge in [-0.05, 0) is 12.8 Å². The number of guanidine groups is 2. The molecule has 120 valence electrons. The Morgan fingerprint density at radius 2 is 1.25 bits per heavy atom. The second kappa shape index (κ2) is 15.9. The molecule has 0 atom stereocenters. The fourth-order valence-electron chi connectivity index (χ4n) is 1.91. The zero-order valence-corrected chi connectivity index (χ0v) is 13.2. The molecule has 0 spiro atoms. The van der Waals surface area contributed by atoms with Gasteiger partial charge in [-0.15, -0.1) is 12.4 Å². The Labute approximate surface area is 128 Å². The van der Waals surface area contributed by atoms with E-state index in [0.717, 1.165) is 25.9 Å². The van der Waals surface area contributed by atoms with Crippen LogP contribution in [0.5, 0.6) is 0 Å². The van der Waals surface area contributed by atoms with Crippen LogP contribution in [0.2, 0.25) is 0 Å². The molecular formula is C13H31ClN6. The molecule has 6 nitrogen and oxygen atoms in total. The van der Waals surface area contributed by atoms with Crippen LogP contribution in [-0.4, -0.2) is 25.0 Å². The molecule has 0 bridgehead atoms. The number of hydrogen-bond donors (Lipinski definition) is 5. The van der Waals surface area contributed by atoms with Gasteiger partial charge in [-0.2, -0.15) is 0 Å². The van der Waals surface area contributed by atoms with Crippen molar-refractivity contribution in [2.75, 3.05) is 13.1 Å². The summed E-state index contributed by atoms with van der Waals surface area (Å²) in [4.78, 5) is 3.96. The smallest absolute Gasteiger partial charge is 0.185 e. The maximum Gasteiger partial charge on any atom is 0.185 e. The summed E-state index contributed by atoms with van der Waals surface area (Å²) in [6.07, 6.45) is 11.0. The average Bonchev–Trinajstić information content (AvgIpc) is 2.34. The third kappa shape index (κ3) is 19.2. The quantitative estimate of drug-likeness (QED) is 0.213. The first kappa shape index (κ1) is 21.1. The molecule has 0 fully saturated rings. The van der Waals surface area contributed by atoms with E-state index in [-0.39, 0.29) is 24.3 Å². The number of nitrogens with one attached hydrogen (secondary N) is 2. The summed E-state index contributed by atoms with van der Waals surface area (Å²) in [5.74, 6) is 0.264. The van der Waals surface area contributed by atoms with Crippen molar-refractivity contribution in [3.8, 4) is 0 Å². The van der Waals surface area contributed by atoms with E-state index in [1.165, 1.54) is 44.9 Å². The zero-order chi connectivity index (χ0) is 14.3. The molecule has 8 N–H and O–H groups in total. The lowest BCUT2D eigenvalue weighted by Crippen LogP contribution is -2.30. The van der Waals surface area contributed by atoms with E-state index in [1.807, 2.05) is 0 Å². The minimum absolute atomic E-state index is 0. The molecule has 0 rings (SSSR count). The van der Waals surface area contributed by atoms with Gasteiger partial charge in [0.15, 0.2) is 11.9 Å². The Hall–Kier alpha value is -1.17. The van der Waals surface area contributed by atoms with Gasteiger partial charge in [0.05, 0.1) is 0 Å². The molecule has 0 unspecified atom stereocenters. The molecule has 20 heavy (non-hydrogen) atoms. The molecule has 0 aromatic rings. The maximum absolute atomic E-state index is 7.00. The fraction of sp³-hybridized carbons (Fsp3) is 0.846. The number of nitrogens with zero attached hydrogens (tertiary/aromatic N) is 1. The molecular weight excluding hydrogens is 276 g/mol. The first-order valence-electron chi connectivity index (χ1n) is 7.26. The predicted octanol–water partition coefficient (Wildman–Crippen LogP) is 1.68. The third-order valence-electron chi connectivity index (χ3n) is 2.94. The Morgan fingerprint density at radius 1 is 0.800 bits per heavy atom. The standard InChI is InChI=1S/C13H30N6.ClH/c14-12(15)18-10-8-6-4-2-1-3-5-7-9-11-19-13(16)17;/h1-11H2,(H4,14,15,18)(H4,16,17,19);1H. The van der Waals surface area contributed by atoms with Crippen molar-refractivity contribution in [1.82, 2.24) is 5.32 Å². The monoisotopic (exact) mass is 306 g/mol. The molecule has 0 saturated heterocycles. The number of hydrogen-bond acceptors (Lipinski definition) is 2. The highest BCUT2D eigenvalue weighted by atomic mass is 35.5. The van der Waals surface area contributed by atoms with Crippen LogP contribution in [0.25, 0.3) is 0 Å². The molecule has 0 radical (unpaired) electrons. The molecule has 7 heteroatoms. The van der Waals surface area contributed by atoms with E-state index in [0.29, 0.717) is 0 Å². The van der Waals surface area contributed by atoms with Gasteiger partial charge in [-0.25, -0.2) is 0 Å². The van der Waals surface area contributed by atoms with Crippen LogP contribution in [0.1, 0.15) is 57.8 Å². The second-order valence-electron chi connectivity index (χ2n) is 4.83. The summed E-state index contributed by atoms with van der Waals surface area (Å²) >= 11 is 0. The zero-order valence-electron chi connectivity index (χ0n) is 12.4. The molecule has 0 aliphatic rings. The Bertz CT molecular complexity index is 253. The van der Waals surface area contributed by atoms with Gasteiger partial charge in [0, 0.05) is 13.1 Å². The van der Waals surface area contributed by atoms with Gasteiger partial charge < -0.3 is 22.5 Å². The summed E-state index contributed by atoms with van der Waals surface area (Å²) in [5.41, 5.74) is 15.7. The molecule has 0 heterocycles. The first-order chi connectivity index (χ1) is 9.13. The average molecular weight is 307 g/mol. The predicted molar refractivity (Wildman–Crippen MR) is 89.4 cm³/mol. The lowest BCUT2D eigenvalue weighted by Gasteiger charge is -2.04. The summed E-state index contributed by atoms with van der Waals surface area (Å²) in [6.45, 7) is 1.58. The topological polar surface area (TPSA) is 126 Å². The van der Waals surface area contributed by atoms with Crippen LogP contribution in [0, 0.1) is 5.41 Å². The van der Waals surface area contributed by atoms with Crippen molar-refractivity contribution in [2.45, 2.75) is 57.8 Å². The van der Waals surface area contributed by atoms with Gasteiger partial charge in [-0.3, -0.25) is 10.4 Å². The molecule has 0 saturated carbocycles. The van der Waals surface area contributed by atoms with Crippen LogP contribution in [-0.2, 0) is 0 Å². The van der Waals surface area contributed by atoms with Crippen molar-refractivity contribution in [3.63, 3.8) is 0 Å². The lowest BCUT2D eigenvalue weighted by molar-refractivity contribution is 0.558. The molecule has 0 aliphatic carbocycles. The summed E-state index contributed by atoms with van der Waals surface area (Å²) in [7, 11) is 0. The van der Waals surface area contributed by atoms with Crippen LogP contribution in [0.3, 0.4) is 0 Å². The highest BCUT2D eigenvalue weighted by Gasteiger charge is 1.93. The SMILES string of the molecule is Cl.N=C(N)NCCCCCCCCCCCN=C(N)N. The van der Waals surface area contributed by atoms with Crippen molar-refractivity contribution < 1.29 is 0 Å². The van der Waals surface area contributed by atoms with Crippen molar-refractivity contribution in [3.05, 3.63) is 0 Å². The minimum atomic E-state index is 0. The Balaban J connectivity index is 0. The van der Waals surface area contributed by atoms with Crippen LogP contribution in [0.15, 0.2) is 4.99 Å². The van der Waals surface area contributed by atoms with Gasteiger partial charge >= 0.3 is 0 Å². The summed E-state index contributed by atoms with van der Waals surface area (Å²) in [5, 5.41) is 9.82. The number of unbranched alkanes of at least 4 members (excludes halogenated alkanes) is 8. The van der Waals surface area contributed by atoms with Gasteiger partial charge in [-0.1, -0.05) is 44.9 Å². The Kier molecular flexibility index (Phi) is 16.8. The van der Waals surface area contributed by atoms with E-state index in [2.05, 4.69) is 10.3 Å². The largest absolute Gasteiger partial charge is 0.370 e. The molecule has 0 amide bonds. The molecule has 0 aromatic carbocycles. The normalized spacial score (nSPS) is 9.60. The summed E-state index contributed by atoms with van der Waals surface area (Å²) in [6, 6.07) is 0. The highest BCUT2D eigenvalue weighted by molar-refractivity contribution is 5.85. The van der Waals surface area contributed by atoms with Gasteiger partial charge in [0.2, 0.25) is 0 Å². The number of halogens is 1. The fourth-order valence-corrected chi connectivity index (χ4v) is 1.91. The first-order valence-corrected chi connectivity index (χ1v) is 7.26. The highest BCUT2D eigenvalue weighted by Crippen LogP contribution is 2.09.